The molecule has 3 aliphatic rings. The van der Waals surface area contributed by atoms with Gasteiger partial charge in [-0.3, -0.25) is 0 Å². The van der Waals surface area contributed by atoms with Crippen LogP contribution in [0.4, 0.5) is 4.79 Å². The molecule has 44 heavy (non-hydrogen) atoms. The van der Waals surface area contributed by atoms with Gasteiger partial charge in [0, 0.05) is 13.2 Å². The van der Waals surface area contributed by atoms with Crippen LogP contribution in [0.1, 0.15) is 103 Å². The van der Waals surface area contributed by atoms with E-state index in [-0.39, 0.29) is 11.5 Å². The highest BCUT2D eigenvalue weighted by atomic mass is 32.2. The maximum absolute atomic E-state index is 13.1. The van der Waals surface area contributed by atoms with Crippen molar-refractivity contribution in [3.63, 3.8) is 0 Å². The molecule has 0 aliphatic carbocycles. The first-order valence-corrected chi connectivity index (χ1v) is 18.2. The third-order valence-corrected chi connectivity index (χ3v) is 9.98. The molecule has 0 aromatic heterocycles. The lowest BCUT2D eigenvalue weighted by Crippen LogP contribution is -2.47. The van der Waals surface area contributed by atoms with Gasteiger partial charge in [-0.2, -0.15) is 0 Å². The number of nitrogens with one attached hydrogen (secondary N) is 1. The molecule has 0 radical (unpaired) electrons. The minimum Gasteiger partial charge on any atom is -0.440 e. The van der Waals surface area contributed by atoms with E-state index in [1.807, 2.05) is 6.92 Å². The molecule has 1 aromatic carbocycles. The zero-order chi connectivity index (χ0) is 31.6. The van der Waals surface area contributed by atoms with E-state index < -0.39 is 46.0 Å². The Balaban J connectivity index is 1.34. The number of benzene rings is 1. The lowest BCUT2D eigenvalue weighted by molar-refractivity contribution is -0.279. The van der Waals surface area contributed by atoms with Gasteiger partial charge in [-0.25, -0.2) is 17.9 Å². The number of sulfonamides is 1. The molecule has 250 valence electrons. The predicted octanol–water partition coefficient (Wildman–Crippen LogP) is 6.06. The van der Waals surface area contributed by atoms with Crippen molar-refractivity contribution in [1.29, 1.82) is 0 Å². The summed E-state index contributed by atoms with van der Waals surface area (Å²) in [4.78, 5) is 15.3. The van der Waals surface area contributed by atoms with Gasteiger partial charge in [0.2, 0.25) is 5.79 Å². The van der Waals surface area contributed by atoms with Gasteiger partial charge in [0.15, 0.2) is 18.0 Å². The largest absolute Gasteiger partial charge is 0.440 e. The normalized spacial score (nSPS) is 26.6. The van der Waals surface area contributed by atoms with Gasteiger partial charge in [0.25, 0.3) is 10.0 Å². The topological polar surface area (TPSA) is 113 Å². The van der Waals surface area contributed by atoms with E-state index >= 15 is 0 Å². The molecule has 11 heteroatoms. The van der Waals surface area contributed by atoms with Crippen LogP contribution < -0.4 is 4.72 Å². The first-order chi connectivity index (χ1) is 21.0. The van der Waals surface area contributed by atoms with E-state index in [1.54, 1.807) is 26.0 Å². The molecule has 3 saturated heterocycles. The number of nitrogens with zero attached hydrogens (tertiary/aromatic N) is 1. The van der Waals surface area contributed by atoms with Gasteiger partial charge in [-0.1, -0.05) is 82.4 Å². The molecule has 0 saturated carbocycles. The standard InChI is InChI=1S/C33H54N2O8S/c1-5-6-7-8-9-10-11-12-13-16-23-39-25-33-30(42-32(3,4)43-33)29(28(41-33)24-35-21-14-15-22-35)40-31(36)34-44(37,38)27-19-17-26(2)18-20-27/h17-20,28-30H,5-16,21-25H2,1-4H3,(H,34,36)/t28-,29+,30-,33-/m0/s1. The summed E-state index contributed by atoms with van der Waals surface area (Å²) in [5.41, 5.74) is 0.909. The number of aryl methyl sites for hydroxylation is 1. The summed E-state index contributed by atoms with van der Waals surface area (Å²) in [6.45, 7) is 10.7. The average molecular weight is 639 g/mol. The molecule has 0 unspecified atom stereocenters. The molecule has 4 rings (SSSR count). The fourth-order valence-electron chi connectivity index (χ4n) is 6.40. The molecule has 10 nitrogen and oxygen atoms in total. The van der Waals surface area contributed by atoms with Crippen LogP contribution in [0.25, 0.3) is 0 Å². The van der Waals surface area contributed by atoms with Crippen LogP contribution in [0.2, 0.25) is 0 Å². The maximum Gasteiger partial charge on any atom is 0.421 e. The highest BCUT2D eigenvalue weighted by Gasteiger charge is 2.66. The zero-order valence-corrected chi connectivity index (χ0v) is 28.0. The molecular weight excluding hydrogens is 584 g/mol. The number of hydrogen-bond donors (Lipinski definition) is 1. The van der Waals surface area contributed by atoms with Gasteiger partial charge in [0.05, 0.1) is 4.90 Å². The number of likely N-dealkylation sites (tertiary alicyclic amines) is 1. The smallest absolute Gasteiger partial charge is 0.421 e. The SMILES string of the molecule is CCCCCCCCCCCCOC[C@@]12O[C@@H](CN3CCCC3)[C@@H](OC(=O)NS(=O)(=O)c3ccc(C)cc3)[C@@H]1OC(C)(C)O2. The van der Waals surface area contributed by atoms with E-state index in [0.29, 0.717) is 13.2 Å². The van der Waals surface area contributed by atoms with Gasteiger partial charge in [-0.05, 0) is 65.3 Å². The van der Waals surface area contributed by atoms with Crippen molar-refractivity contribution in [2.24, 2.45) is 0 Å². The summed E-state index contributed by atoms with van der Waals surface area (Å²) in [7, 11) is -4.13. The van der Waals surface area contributed by atoms with Crippen molar-refractivity contribution in [3.8, 4) is 0 Å². The van der Waals surface area contributed by atoms with E-state index in [4.69, 9.17) is 23.7 Å². The van der Waals surface area contributed by atoms with Gasteiger partial charge in [0.1, 0.15) is 12.7 Å². The number of fused-ring (bicyclic) bond motifs is 1. The van der Waals surface area contributed by atoms with Crippen LogP contribution in [0.3, 0.4) is 0 Å². The van der Waals surface area contributed by atoms with Crippen LogP contribution in [0, 0.1) is 6.92 Å². The van der Waals surface area contributed by atoms with Crippen LogP contribution in [0.15, 0.2) is 29.2 Å². The minimum absolute atomic E-state index is 0.0207. The first-order valence-electron chi connectivity index (χ1n) is 16.7. The van der Waals surface area contributed by atoms with Gasteiger partial charge >= 0.3 is 6.09 Å². The molecular formula is C33H54N2O8S. The molecule has 1 amide bonds. The molecule has 0 spiro atoms. The number of hydrogen-bond acceptors (Lipinski definition) is 9. The number of rotatable bonds is 18. The van der Waals surface area contributed by atoms with Crippen molar-refractivity contribution < 1.29 is 36.9 Å². The van der Waals surface area contributed by atoms with E-state index in [0.717, 1.165) is 44.3 Å². The van der Waals surface area contributed by atoms with E-state index in [1.165, 1.54) is 63.5 Å². The summed E-state index contributed by atoms with van der Waals surface area (Å²) in [6, 6.07) is 6.25. The lowest BCUT2D eigenvalue weighted by atomic mass is 10.0. The van der Waals surface area contributed by atoms with E-state index in [9.17, 15) is 13.2 Å². The number of unbranched alkanes of at least 4 members (excludes halogenated alkanes) is 9. The highest BCUT2D eigenvalue weighted by molar-refractivity contribution is 7.90. The minimum atomic E-state index is -4.13. The summed E-state index contributed by atoms with van der Waals surface area (Å²) < 4.78 is 58.9. The van der Waals surface area contributed by atoms with Crippen molar-refractivity contribution in [1.82, 2.24) is 9.62 Å². The van der Waals surface area contributed by atoms with Crippen LogP contribution >= 0.6 is 0 Å². The Hall–Kier alpha value is -1.76. The van der Waals surface area contributed by atoms with Gasteiger partial charge in [-0.15, -0.1) is 0 Å². The Kier molecular flexibility index (Phi) is 12.9. The third kappa shape index (κ3) is 9.87. The van der Waals surface area contributed by atoms with E-state index in [2.05, 4.69) is 16.5 Å². The van der Waals surface area contributed by atoms with Crippen molar-refractivity contribution >= 4 is 16.1 Å². The molecule has 4 atom stereocenters. The Morgan fingerprint density at radius 2 is 1.57 bits per heavy atom. The van der Waals surface area contributed by atoms with Crippen LogP contribution in [0.5, 0.6) is 0 Å². The summed E-state index contributed by atoms with van der Waals surface area (Å²) in [5.74, 6) is -2.27. The number of carbonyl (C=O) groups excluding carboxylic acids is 1. The Bertz CT molecular complexity index is 1140. The molecule has 3 heterocycles. The molecule has 1 N–H and O–H groups in total. The Morgan fingerprint density at radius 1 is 0.955 bits per heavy atom. The highest BCUT2D eigenvalue weighted by Crippen LogP contribution is 2.47. The number of amides is 1. The fraction of sp³-hybridized carbons (Fsp3) is 0.788. The first kappa shape index (κ1) is 35.1. The summed E-state index contributed by atoms with van der Waals surface area (Å²) in [5, 5.41) is 0. The van der Waals surface area contributed by atoms with Crippen molar-refractivity contribution in [2.45, 2.75) is 140 Å². The second-order valence-corrected chi connectivity index (χ2v) is 14.7. The van der Waals surface area contributed by atoms with Crippen molar-refractivity contribution in [3.05, 3.63) is 29.8 Å². The Morgan fingerprint density at radius 3 is 2.20 bits per heavy atom. The third-order valence-electron chi connectivity index (χ3n) is 8.65. The number of carbonyl (C=O) groups is 1. The molecule has 3 aliphatic heterocycles. The maximum atomic E-state index is 13.1. The van der Waals surface area contributed by atoms with Gasteiger partial charge < -0.3 is 28.6 Å². The van der Waals surface area contributed by atoms with Crippen molar-refractivity contribution in [2.75, 3.05) is 32.8 Å². The zero-order valence-electron chi connectivity index (χ0n) is 27.2. The summed E-state index contributed by atoms with van der Waals surface area (Å²) >= 11 is 0. The quantitative estimate of drug-likeness (QED) is 0.192. The molecule has 0 bridgehead atoms. The molecule has 3 fully saturated rings. The fourth-order valence-corrected chi connectivity index (χ4v) is 7.28. The lowest BCUT2D eigenvalue weighted by Gasteiger charge is -2.30. The predicted molar refractivity (Wildman–Crippen MR) is 168 cm³/mol. The second kappa shape index (κ2) is 16.2. The molecule has 1 aromatic rings. The summed E-state index contributed by atoms with van der Waals surface area (Å²) in [6.07, 6.45) is 11.2. The Labute approximate surface area is 264 Å². The average Bonchev–Trinajstić information content (AvgIpc) is 3.63. The second-order valence-electron chi connectivity index (χ2n) is 13.0. The number of ether oxygens (including phenoxy) is 5. The van der Waals surface area contributed by atoms with Crippen LogP contribution in [-0.2, 0) is 33.7 Å². The van der Waals surface area contributed by atoms with Crippen LogP contribution in [-0.4, -0.2) is 82.1 Å². The monoisotopic (exact) mass is 638 g/mol.